The lowest BCUT2D eigenvalue weighted by Crippen LogP contribution is -2.33. The summed E-state index contributed by atoms with van der Waals surface area (Å²) in [5.74, 6) is 1.47. The van der Waals surface area contributed by atoms with E-state index in [-0.39, 0.29) is 6.17 Å². The smallest absolute Gasteiger partial charge is 0.159 e. The Morgan fingerprint density at radius 1 is 0.351 bits per heavy atom. The molecule has 0 saturated heterocycles. The Balaban J connectivity index is 0.891. The molecule has 1 aliphatic rings. The number of furan rings is 1. The summed E-state index contributed by atoms with van der Waals surface area (Å²) >= 11 is 1.82. The molecule has 1 atom stereocenters. The van der Waals surface area contributed by atoms with Gasteiger partial charge in [0.25, 0.3) is 0 Å². The highest BCUT2D eigenvalue weighted by Crippen LogP contribution is 2.45. The molecule has 74 heavy (non-hydrogen) atoms. The molecule has 0 saturated carbocycles. The Kier molecular flexibility index (Phi) is 9.78. The predicted molar refractivity (Wildman–Crippen MR) is 313 cm³/mol. The minimum absolute atomic E-state index is 0.377. The standard InChI is InChI=1S/C69H43N3OS/c1-2-13-42(14-3-1)44-25-27-45(28-26-44)47-19-12-20-48(35-47)53-38-60(66-61-37-49-17-6-7-18-50(49)39-62(61)73-63(66)40-53)56-33-34-59(55-22-9-8-21-54(55)56)69-71-67(51-30-29-43-15-4-5-16-46(43)36-51)70-68(72-69)52-31-32-58-57-23-10-11-24-64(57)74-65(58)41-52/h1-41,68H,(H,70,71,72). The molecule has 1 unspecified atom stereocenters. The normalized spacial score (nSPS) is 13.8. The fourth-order valence-electron chi connectivity index (χ4n) is 11.2. The zero-order chi connectivity index (χ0) is 48.7. The number of aliphatic imine (C=N–C) groups is 2. The van der Waals surface area contributed by atoms with Crippen molar-refractivity contribution in [2.24, 2.45) is 9.98 Å². The van der Waals surface area contributed by atoms with Crippen LogP contribution in [0.2, 0.25) is 0 Å². The summed E-state index contributed by atoms with van der Waals surface area (Å²) in [4.78, 5) is 10.8. The van der Waals surface area contributed by atoms with Crippen LogP contribution in [-0.4, -0.2) is 11.7 Å². The van der Waals surface area contributed by atoms with Crippen molar-refractivity contribution in [1.82, 2.24) is 5.32 Å². The first-order valence-electron chi connectivity index (χ1n) is 25.1. The third-order valence-corrected chi connectivity index (χ3v) is 16.0. The number of amidine groups is 2. The van der Waals surface area contributed by atoms with Gasteiger partial charge in [-0.3, -0.25) is 0 Å². The second kappa shape index (κ2) is 17.1. The molecule has 0 aliphatic carbocycles. The van der Waals surface area contributed by atoms with Gasteiger partial charge in [0.1, 0.15) is 23.2 Å². The summed E-state index contributed by atoms with van der Waals surface area (Å²) in [6.07, 6.45) is -0.377. The van der Waals surface area contributed by atoms with Gasteiger partial charge in [-0.05, 0) is 131 Å². The van der Waals surface area contributed by atoms with Crippen LogP contribution in [0.4, 0.5) is 0 Å². The van der Waals surface area contributed by atoms with Crippen molar-refractivity contribution in [3.63, 3.8) is 0 Å². The van der Waals surface area contributed by atoms with Gasteiger partial charge < -0.3 is 9.73 Å². The molecular weight excluding hydrogens is 919 g/mol. The van der Waals surface area contributed by atoms with E-state index in [2.05, 4.69) is 254 Å². The van der Waals surface area contributed by atoms with Crippen molar-refractivity contribution in [2.75, 3.05) is 0 Å². The largest absolute Gasteiger partial charge is 0.456 e. The number of rotatable bonds is 7. The molecular formula is C69H43N3OS. The van der Waals surface area contributed by atoms with E-state index in [1.165, 1.54) is 47.6 Å². The minimum atomic E-state index is -0.377. The molecule has 2 aromatic heterocycles. The van der Waals surface area contributed by atoms with Gasteiger partial charge in [-0.25, -0.2) is 9.98 Å². The number of hydrogen-bond acceptors (Lipinski definition) is 5. The molecule has 0 fully saturated rings. The van der Waals surface area contributed by atoms with Crippen LogP contribution < -0.4 is 5.32 Å². The summed E-state index contributed by atoms with van der Waals surface area (Å²) in [6, 6.07) is 89.6. The molecule has 3 heterocycles. The third-order valence-electron chi connectivity index (χ3n) is 14.9. The average molecular weight is 962 g/mol. The lowest BCUT2D eigenvalue weighted by molar-refractivity contribution is 0.669. The average Bonchev–Trinajstić information content (AvgIpc) is 4.04. The van der Waals surface area contributed by atoms with E-state index in [9.17, 15) is 0 Å². The lowest BCUT2D eigenvalue weighted by atomic mass is 9.89. The Hall–Kier alpha value is -9.42. The molecule has 1 aliphatic heterocycles. The van der Waals surface area contributed by atoms with Crippen LogP contribution in [-0.2, 0) is 0 Å². The second-order valence-electron chi connectivity index (χ2n) is 19.3. The fourth-order valence-corrected chi connectivity index (χ4v) is 12.4. The maximum atomic E-state index is 6.92. The van der Waals surface area contributed by atoms with Gasteiger partial charge in [0.15, 0.2) is 5.84 Å². The van der Waals surface area contributed by atoms with E-state index in [4.69, 9.17) is 14.4 Å². The summed E-state index contributed by atoms with van der Waals surface area (Å²) in [7, 11) is 0. The van der Waals surface area contributed by atoms with Crippen molar-refractivity contribution < 1.29 is 4.42 Å². The van der Waals surface area contributed by atoms with Crippen molar-refractivity contribution in [3.05, 3.63) is 265 Å². The SMILES string of the molecule is c1ccc(-c2ccc(-c3cccc(-c4cc(-c5ccc(C6=NC(c7ccc8ccccc8c7)=NC(c7ccc8c(c7)sc7ccccc78)N6)c6ccccc56)c5c(c4)oc4cc6ccccc6cc45)c3)cc2)cc1. The van der Waals surface area contributed by atoms with E-state index in [1.807, 2.05) is 11.3 Å². The van der Waals surface area contributed by atoms with Gasteiger partial charge in [0, 0.05) is 42.1 Å². The monoisotopic (exact) mass is 961 g/mol. The molecule has 346 valence electrons. The van der Waals surface area contributed by atoms with Crippen LogP contribution >= 0.6 is 11.3 Å². The summed E-state index contributed by atoms with van der Waals surface area (Å²) in [6.45, 7) is 0. The highest BCUT2D eigenvalue weighted by atomic mass is 32.1. The molecule has 0 radical (unpaired) electrons. The molecule has 4 nitrogen and oxygen atoms in total. The van der Waals surface area contributed by atoms with Crippen LogP contribution in [0.15, 0.2) is 263 Å². The van der Waals surface area contributed by atoms with Crippen LogP contribution in [0.5, 0.6) is 0 Å². The number of fused-ring (bicyclic) bond motifs is 9. The first-order chi connectivity index (χ1) is 36.6. The van der Waals surface area contributed by atoms with E-state index < -0.39 is 0 Å². The Labute approximate surface area is 430 Å². The van der Waals surface area contributed by atoms with Crippen LogP contribution in [0.3, 0.4) is 0 Å². The molecule has 0 bridgehead atoms. The van der Waals surface area contributed by atoms with Crippen molar-refractivity contribution >= 4 is 97.4 Å². The molecule has 12 aromatic carbocycles. The molecule has 1 N–H and O–H groups in total. The Morgan fingerprint density at radius 2 is 0.959 bits per heavy atom. The number of nitrogens with one attached hydrogen (secondary N) is 1. The number of thiophene rings is 1. The topological polar surface area (TPSA) is 49.9 Å². The zero-order valence-corrected chi connectivity index (χ0v) is 40.8. The van der Waals surface area contributed by atoms with Crippen LogP contribution in [0.25, 0.3) is 119 Å². The van der Waals surface area contributed by atoms with Gasteiger partial charge in [-0.1, -0.05) is 200 Å². The summed E-state index contributed by atoms with van der Waals surface area (Å²) < 4.78 is 9.44. The first-order valence-corrected chi connectivity index (χ1v) is 25.9. The van der Waals surface area contributed by atoms with Gasteiger partial charge >= 0.3 is 0 Å². The predicted octanol–water partition coefficient (Wildman–Crippen LogP) is 18.6. The lowest BCUT2D eigenvalue weighted by Gasteiger charge is -2.25. The molecule has 5 heteroatoms. The van der Waals surface area contributed by atoms with Crippen molar-refractivity contribution in [2.45, 2.75) is 6.17 Å². The molecule has 15 rings (SSSR count). The number of benzene rings is 12. The maximum absolute atomic E-state index is 6.92. The second-order valence-corrected chi connectivity index (χ2v) is 20.4. The van der Waals surface area contributed by atoms with Crippen molar-refractivity contribution in [3.8, 4) is 44.5 Å². The third kappa shape index (κ3) is 7.20. The minimum Gasteiger partial charge on any atom is -0.456 e. The van der Waals surface area contributed by atoms with E-state index in [1.54, 1.807) is 0 Å². The van der Waals surface area contributed by atoms with E-state index in [0.29, 0.717) is 5.84 Å². The van der Waals surface area contributed by atoms with Gasteiger partial charge in [0.05, 0.1) is 0 Å². The van der Waals surface area contributed by atoms with Crippen molar-refractivity contribution in [1.29, 1.82) is 0 Å². The van der Waals surface area contributed by atoms with E-state index in [0.717, 1.165) is 93.8 Å². The van der Waals surface area contributed by atoms with Crippen LogP contribution in [0, 0.1) is 0 Å². The zero-order valence-electron chi connectivity index (χ0n) is 40.0. The fraction of sp³-hybridized carbons (Fsp3) is 0.0145. The summed E-state index contributed by atoms with van der Waals surface area (Å²) in [5.41, 5.74) is 13.9. The number of hydrogen-bond donors (Lipinski definition) is 1. The highest BCUT2D eigenvalue weighted by Gasteiger charge is 2.25. The van der Waals surface area contributed by atoms with E-state index >= 15 is 0 Å². The Bertz CT molecular complexity index is 4640. The quantitative estimate of drug-likeness (QED) is 0.173. The van der Waals surface area contributed by atoms with Gasteiger partial charge in [-0.2, -0.15) is 0 Å². The Morgan fingerprint density at radius 3 is 1.77 bits per heavy atom. The summed E-state index contributed by atoms with van der Waals surface area (Å²) in [5, 5.41) is 15.4. The van der Waals surface area contributed by atoms with Gasteiger partial charge in [0.2, 0.25) is 0 Å². The van der Waals surface area contributed by atoms with Crippen LogP contribution in [0.1, 0.15) is 22.9 Å². The molecule has 0 amide bonds. The number of nitrogens with zero attached hydrogens (tertiary/aromatic N) is 2. The maximum Gasteiger partial charge on any atom is 0.159 e. The molecule has 14 aromatic rings. The first kappa shape index (κ1) is 42.3. The highest BCUT2D eigenvalue weighted by molar-refractivity contribution is 7.25. The molecule has 0 spiro atoms. The van der Waals surface area contributed by atoms with Gasteiger partial charge in [-0.15, -0.1) is 11.3 Å².